The highest BCUT2D eigenvalue weighted by Gasteiger charge is 2.10. The molecule has 0 spiro atoms. The van der Waals surface area contributed by atoms with Gasteiger partial charge >= 0.3 is 0 Å². The molecule has 2 aromatic rings. The number of hydrogen-bond acceptors (Lipinski definition) is 5. The Labute approximate surface area is 118 Å². The van der Waals surface area contributed by atoms with Crippen molar-refractivity contribution >= 4 is 5.95 Å². The molecule has 2 N–H and O–H groups in total. The molecule has 2 rings (SSSR count). The molecular weight excluding hydrogens is 250 g/mol. The van der Waals surface area contributed by atoms with Gasteiger partial charge in [-0.15, -0.1) is 0 Å². The molecule has 1 aromatic heterocycles. The highest BCUT2D eigenvalue weighted by atomic mass is 15.2. The Balaban J connectivity index is 2.20. The smallest absolute Gasteiger partial charge is 0.226 e. The van der Waals surface area contributed by atoms with E-state index in [1.165, 1.54) is 5.56 Å². The monoisotopic (exact) mass is 267 g/mol. The Morgan fingerprint density at radius 3 is 2.70 bits per heavy atom. The van der Waals surface area contributed by atoms with Crippen molar-refractivity contribution in [3.63, 3.8) is 0 Å². The molecule has 0 aliphatic rings. The summed E-state index contributed by atoms with van der Waals surface area (Å²) in [6.45, 7) is 2.08. The lowest BCUT2D eigenvalue weighted by Crippen LogP contribution is -2.27. The number of benzene rings is 1. The minimum atomic E-state index is 0.376. The lowest BCUT2D eigenvalue weighted by atomic mass is 10.2. The molecule has 102 valence electrons. The van der Waals surface area contributed by atoms with Crippen LogP contribution in [0.3, 0.4) is 0 Å². The van der Waals surface area contributed by atoms with Crippen molar-refractivity contribution in [2.45, 2.75) is 13.0 Å². The van der Waals surface area contributed by atoms with Crippen LogP contribution < -0.4 is 10.6 Å². The Hall–Kier alpha value is -2.45. The first-order chi connectivity index (χ1) is 9.83. The van der Waals surface area contributed by atoms with Gasteiger partial charge in [-0.25, -0.2) is 9.97 Å². The molecule has 1 aromatic carbocycles. The molecule has 0 aliphatic carbocycles. The largest absolute Gasteiger partial charge is 0.336 e. The van der Waals surface area contributed by atoms with E-state index in [4.69, 9.17) is 11.0 Å². The van der Waals surface area contributed by atoms with Gasteiger partial charge in [-0.1, -0.05) is 30.3 Å². The van der Waals surface area contributed by atoms with Gasteiger partial charge in [-0.05, 0) is 24.6 Å². The summed E-state index contributed by atoms with van der Waals surface area (Å²) in [4.78, 5) is 10.6. The summed E-state index contributed by atoms with van der Waals surface area (Å²) in [5, 5.41) is 8.93. The highest BCUT2D eigenvalue weighted by Crippen LogP contribution is 2.12. The van der Waals surface area contributed by atoms with Gasteiger partial charge < -0.3 is 10.6 Å². The Kier molecular flexibility index (Phi) is 5.04. The highest BCUT2D eigenvalue weighted by molar-refractivity contribution is 5.35. The van der Waals surface area contributed by atoms with E-state index in [0.29, 0.717) is 24.7 Å². The first-order valence-electron chi connectivity index (χ1n) is 6.55. The van der Waals surface area contributed by atoms with Gasteiger partial charge in [0.2, 0.25) is 5.95 Å². The van der Waals surface area contributed by atoms with Gasteiger partial charge in [-0.2, -0.15) is 5.26 Å². The molecule has 0 radical (unpaired) electrons. The van der Waals surface area contributed by atoms with Crippen LogP contribution >= 0.6 is 0 Å². The minimum absolute atomic E-state index is 0.376. The van der Waals surface area contributed by atoms with Crippen molar-refractivity contribution in [2.24, 2.45) is 5.73 Å². The number of hydrogen-bond donors (Lipinski definition) is 1. The zero-order chi connectivity index (χ0) is 14.2. The van der Waals surface area contributed by atoms with Gasteiger partial charge in [-0.3, -0.25) is 0 Å². The molecule has 0 bridgehead atoms. The van der Waals surface area contributed by atoms with Crippen LogP contribution in [-0.2, 0) is 6.54 Å². The van der Waals surface area contributed by atoms with E-state index in [0.717, 1.165) is 13.0 Å². The molecule has 0 fully saturated rings. The average molecular weight is 267 g/mol. The Bertz CT molecular complexity index is 576. The summed E-state index contributed by atoms with van der Waals surface area (Å²) in [6, 6.07) is 13.8. The van der Waals surface area contributed by atoms with E-state index in [1.807, 2.05) is 29.2 Å². The molecule has 0 saturated carbocycles. The van der Waals surface area contributed by atoms with Crippen LogP contribution in [0.2, 0.25) is 0 Å². The summed E-state index contributed by atoms with van der Waals surface area (Å²) in [5.41, 5.74) is 7.14. The third-order valence-corrected chi connectivity index (χ3v) is 2.89. The van der Waals surface area contributed by atoms with Gasteiger partial charge in [0.1, 0.15) is 11.8 Å². The second kappa shape index (κ2) is 7.22. The molecule has 0 amide bonds. The zero-order valence-electron chi connectivity index (χ0n) is 11.2. The molecule has 0 saturated heterocycles. The summed E-state index contributed by atoms with van der Waals surface area (Å²) in [5.74, 6) is 0.571. The van der Waals surface area contributed by atoms with Crippen molar-refractivity contribution in [1.82, 2.24) is 9.97 Å². The summed E-state index contributed by atoms with van der Waals surface area (Å²) >= 11 is 0. The van der Waals surface area contributed by atoms with E-state index < -0.39 is 0 Å². The fourth-order valence-corrected chi connectivity index (χ4v) is 1.90. The lowest BCUT2D eigenvalue weighted by Gasteiger charge is -2.22. The third kappa shape index (κ3) is 3.77. The molecule has 0 atom stereocenters. The van der Waals surface area contributed by atoms with Crippen molar-refractivity contribution in [3.8, 4) is 6.07 Å². The Morgan fingerprint density at radius 2 is 2.00 bits per heavy atom. The number of nitrogens with zero attached hydrogens (tertiary/aromatic N) is 4. The first-order valence-corrected chi connectivity index (χ1v) is 6.55. The van der Waals surface area contributed by atoms with Crippen molar-refractivity contribution in [2.75, 3.05) is 18.0 Å². The average Bonchev–Trinajstić information content (AvgIpc) is 2.52. The quantitative estimate of drug-likeness (QED) is 0.861. The topological polar surface area (TPSA) is 78.8 Å². The molecule has 1 heterocycles. The van der Waals surface area contributed by atoms with E-state index in [-0.39, 0.29) is 0 Å². The van der Waals surface area contributed by atoms with Gasteiger partial charge in [0.25, 0.3) is 0 Å². The van der Waals surface area contributed by atoms with Crippen molar-refractivity contribution < 1.29 is 0 Å². The number of nitriles is 1. The summed E-state index contributed by atoms with van der Waals surface area (Å²) in [7, 11) is 0. The van der Waals surface area contributed by atoms with Crippen LogP contribution in [-0.4, -0.2) is 23.1 Å². The maximum atomic E-state index is 8.93. The minimum Gasteiger partial charge on any atom is -0.336 e. The van der Waals surface area contributed by atoms with E-state index in [9.17, 15) is 0 Å². The molecule has 0 unspecified atom stereocenters. The van der Waals surface area contributed by atoms with Crippen molar-refractivity contribution in [3.05, 3.63) is 53.9 Å². The normalized spacial score (nSPS) is 10.0. The Morgan fingerprint density at radius 1 is 1.20 bits per heavy atom. The fraction of sp³-hybridized carbons (Fsp3) is 0.267. The van der Waals surface area contributed by atoms with Crippen LogP contribution in [0.5, 0.6) is 0 Å². The summed E-state index contributed by atoms with van der Waals surface area (Å²) in [6.07, 6.45) is 2.47. The summed E-state index contributed by atoms with van der Waals surface area (Å²) < 4.78 is 0. The molecule has 5 nitrogen and oxygen atoms in total. The number of aromatic nitrogens is 2. The van der Waals surface area contributed by atoms with Gasteiger partial charge in [0, 0.05) is 19.3 Å². The number of nitrogens with two attached hydrogens (primary N) is 1. The number of rotatable bonds is 6. The molecule has 0 aliphatic heterocycles. The van der Waals surface area contributed by atoms with Crippen LogP contribution in [0, 0.1) is 11.3 Å². The SMILES string of the molecule is N#Cc1ccnc(N(CCCN)Cc2ccccc2)n1. The standard InChI is InChI=1S/C15H17N5/c16-8-4-10-20(12-13-5-2-1-3-6-13)15-18-9-7-14(11-17)19-15/h1-3,5-7,9H,4,8,10,12,16H2. The van der Waals surface area contributed by atoms with Crippen LogP contribution in [0.25, 0.3) is 0 Å². The first kappa shape index (κ1) is 14.0. The van der Waals surface area contributed by atoms with Gasteiger partial charge in [0.05, 0.1) is 0 Å². The van der Waals surface area contributed by atoms with Gasteiger partial charge in [0.15, 0.2) is 0 Å². The van der Waals surface area contributed by atoms with Crippen LogP contribution in [0.4, 0.5) is 5.95 Å². The third-order valence-electron chi connectivity index (χ3n) is 2.89. The van der Waals surface area contributed by atoms with Crippen molar-refractivity contribution in [1.29, 1.82) is 5.26 Å². The second-order valence-electron chi connectivity index (χ2n) is 4.40. The van der Waals surface area contributed by atoms with E-state index in [1.54, 1.807) is 12.3 Å². The maximum absolute atomic E-state index is 8.93. The fourth-order valence-electron chi connectivity index (χ4n) is 1.90. The lowest BCUT2D eigenvalue weighted by molar-refractivity contribution is 0.713. The van der Waals surface area contributed by atoms with Crippen LogP contribution in [0.1, 0.15) is 17.7 Å². The van der Waals surface area contributed by atoms with Crippen LogP contribution in [0.15, 0.2) is 42.6 Å². The maximum Gasteiger partial charge on any atom is 0.226 e. The van der Waals surface area contributed by atoms with E-state index >= 15 is 0 Å². The van der Waals surface area contributed by atoms with E-state index in [2.05, 4.69) is 22.1 Å². The molecule has 20 heavy (non-hydrogen) atoms. The number of anilines is 1. The molecule has 5 heteroatoms. The predicted octanol–water partition coefficient (Wildman–Crippen LogP) is 1.70. The molecular formula is C15H17N5. The second-order valence-corrected chi connectivity index (χ2v) is 4.40. The zero-order valence-corrected chi connectivity index (χ0v) is 11.2. The predicted molar refractivity (Wildman–Crippen MR) is 77.9 cm³/mol.